The fourth-order valence-electron chi connectivity index (χ4n) is 2.47. The summed E-state index contributed by atoms with van der Waals surface area (Å²) in [5, 5.41) is 4.18. The smallest absolute Gasteiger partial charge is 0.119 e. The molecule has 0 fully saturated rings. The van der Waals surface area contributed by atoms with Gasteiger partial charge in [0.25, 0.3) is 0 Å². The summed E-state index contributed by atoms with van der Waals surface area (Å²) in [6.07, 6.45) is 0. The van der Waals surface area contributed by atoms with Gasteiger partial charge in [0.1, 0.15) is 5.75 Å². The molecule has 0 aliphatic rings. The highest BCUT2D eigenvalue weighted by Crippen LogP contribution is 2.32. The van der Waals surface area contributed by atoms with E-state index in [2.05, 4.69) is 24.4 Å². The number of nitrogens with one attached hydrogen (secondary N) is 1. The third-order valence-electron chi connectivity index (χ3n) is 3.61. The first kappa shape index (κ1) is 14.9. The normalized spacial score (nSPS) is 12.2. The molecule has 3 heteroatoms. The third-order valence-corrected chi connectivity index (χ3v) is 4.13. The predicted molar refractivity (Wildman–Crippen MR) is 84.8 cm³/mol. The molecular weight excluding hydrogens is 270 g/mol. The lowest BCUT2D eigenvalue weighted by Gasteiger charge is -2.21. The van der Waals surface area contributed by atoms with Gasteiger partial charge in [0.15, 0.2) is 0 Å². The molecule has 0 saturated heterocycles. The molecule has 0 aliphatic heterocycles. The molecule has 1 N–H and O–H groups in total. The number of rotatable bonds is 4. The minimum absolute atomic E-state index is 0.0771. The lowest BCUT2D eigenvalue weighted by Crippen LogP contribution is -2.19. The highest BCUT2D eigenvalue weighted by atomic mass is 35.5. The molecule has 0 amide bonds. The van der Waals surface area contributed by atoms with E-state index < -0.39 is 0 Å². The molecule has 1 unspecified atom stereocenters. The largest absolute Gasteiger partial charge is 0.497 e. The van der Waals surface area contributed by atoms with Crippen LogP contribution in [0.25, 0.3) is 0 Å². The highest BCUT2D eigenvalue weighted by Gasteiger charge is 2.18. The molecule has 0 radical (unpaired) electrons. The van der Waals surface area contributed by atoms with Crippen molar-refractivity contribution in [3.63, 3.8) is 0 Å². The molecule has 2 nitrogen and oxygen atoms in total. The van der Waals surface area contributed by atoms with E-state index >= 15 is 0 Å². The Bertz CT molecular complexity index is 610. The SMILES string of the molecule is CNC(c1ccc(OC)cc1C)c1cccc(C)c1Cl. The zero-order chi connectivity index (χ0) is 14.7. The number of ether oxygens (including phenoxy) is 1. The third kappa shape index (κ3) is 2.82. The standard InChI is InChI=1S/C17H20ClNO/c1-11-6-5-7-15(16(11)18)17(19-3)14-9-8-13(20-4)10-12(14)2/h5-10,17,19H,1-4H3. The van der Waals surface area contributed by atoms with E-state index in [-0.39, 0.29) is 6.04 Å². The van der Waals surface area contributed by atoms with Gasteiger partial charge in [-0.05, 0) is 55.3 Å². The van der Waals surface area contributed by atoms with Gasteiger partial charge in [0, 0.05) is 5.02 Å². The van der Waals surface area contributed by atoms with Gasteiger partial charge in [-0.25, -0.2) is 0 Å². The maximum absolute atomic E-state index is 6.46. The van der Waals surface area contributed by atoms with Crippen LogP contribution in [0.4, 0.5) is 0 Å². The fraction of sp³-hybridized carbons (Fsp3) is 0.294. The fourth-order valence-corrected chi connectivity index (χ4v) is 2.71. The minimum Gasteiger partial charge on any atom is -0.497 e. The van der Waals surface area contributed by atoms with Crippen molar-refractivity contribution in [1.29, 1.82) is 0 Å². The van der Waals surface area contributed by atoms with E-state index in [0.717, 1.165) is 21.9 Å². The van der Waals surface area contributed by atoms with E-state index in [4.69, 9.17) is 16.3 Å². The van der Waals surface area contributed by atoms with Crippen molar-refractivity contribution in [3.05, 3.63) is 63.7 Å². The van der Waals surface area contributed by atoms with Crippen molar-refractivity contribution in [2.75, 3.05) is 14.2 Å². The average molecular weight is 290 g/mol. The molecule has 0 aliphatic carbocycles. The first-order chi connectivity index (χ1) is 9.58. The van der Waals surface area contributed by atoms with Crippen LogP contribution in [0, 0.1) is 13.8 Å². The number of benzene rings is 2. The van der Waals surface area contributed by atoms with E-state index in [1.54, 1.807) is 7.11 Å². The van der Waals surface area contributed by atoms with Crippen molar-refractivity contribution >= 4 is 11.6 Å². The van der Waals surface area contributed by atoms with Crippen molar-refractivity contribution in [2.24, 2.45) is 0 Å². The summed E-state index contributed by atoms with van der Waals surface area (Å²) >= 11 is 6.46. The summed E-state index contributed by atoms with van der Waals surface area (Å²) in [5.41, 5.74) is 4.58. The van der Waals surface area contributed by atoms with Gasteiger partial charge >= 0.3 is 0 Å². The average Bonchev–Trinajstić information content (AvgIpc) is 2.45. The van der Waals surface area contributed by atoms with E-state index in [9.17, 15) is 0 Å². The molecule has 0 bridgehead atoms. The molecule has 2 aromatic rings. The Balaban J connectivity index is 2.50. The first-order valence-corrected chi connectivity index (χ1v) is 7.03. The molecule has 106 valence electrons. The van der Waals surface area contributed by atoms with Crippen molar-refractivity contribution in [1.82, 2.24) is 5.32 Å². The van der Waals surface area contributed by atoms with Crippen molar-refractivity contribution < 1.29 is 4.74 Å². The second kappa shape index (κ2) is 6.29. The molecule has 2 rings (SSSR count). The number of hydrogen-bond acceptors (Lipinski definition) is 2. The van der Waals surface area contributed by atoms with Gasteiger partial charge < -0.3 is 10.1 Å². The second-order valence-corrected chi connectivity index (χ2v) is 5.30. The first-order valence-electron chi connectivity index (χ1n) is 6.65. The monoisotopic (exact) mass is 289 g/mol. The Morgan fingerprint density at radius 3 is 2.40 bits per heavy atom. The zero-order valence-corrected chi connectivity index (χ0v) is 13.1. The molecule has 0 aromatic heterocycles. The summed E-state index contributed by atoms with van der Waals surface area (Å²) in [6, 6.07) is 12.3. The van der Waals surface area contributed by atoms with Crippen LogP contribution in [0.2, 0.25) is 5.02 Å². The second-order valence-electron chi connectivity index (χ2n) is 4.92. The van der Waals surface area contributed by atoms with Gasteiger partial charge in [-0.1, -0.05) is 35.9 Å². The van der Waals surface area contributed by atoms with Crippen LogP contribution in [0.15, 0.2) is 36.4 Å². The maximum atomic E-state index is 6.46. The van der Waals surface area contributed by atoms with Crippen LogP contribution < -0.4 is 10.1 Å². The molecule has 0 spiro atoms. The Hall–Kier alpha value is -1.51. The van der Waals surface area contributed by atoms with E-state index in [1.807, 2.05) is 38.2 Å². The molecule has 20 heavy (non-hydrogen) atoms. The molecule has 0 saturated carbocycles. The summed E-state index contributed by atoms with van der Waals surface area (Å²) in [7, 11) is 3.63. The van der Waals surface area contributed by atoms with Gasteiger partial charge in [0.05, 0.1) is 13.2 Å². The molecule has 0 heterocycles. The van der Waals surface area contributed by atoms with Crippen LogP contribution >= 0.6 is 11.6 Å². The highest BCUT2D eigenvalue weighted by molar-refractivity contribution is 6.32. The van der Waals surface area contributed by atoms with Crippen LogP contribution in [0.3, 0.4) is 0 Å². The van der Waals surface area contributed by atoms with Gasteiger partial charge in [-0.3, -0.25) is 0 Å². The molecular formula is C17H20ClNO. The summed E-state index contributed by atoms with van der Waals surface area (Å²) in [4.78, 5) is 0. The van der Waals surface area contributed by atoms with E-state index in [1.165, 1.54) is 11.1 Å². The Labute approximate surface area is 125 Å². The number of aryl methyl sites for hydroxylation is 2. The van der Waals surface area contributed by atoms with Crippen LogP contribution in [0.1, 0.15) is 28.3 Å². The van der Waals surface area contributed by atoms with Crippen molar-refractivity contribution in [3.8, 4) is 5.75 Å². The Morgan fingerprint density at radius 2 is 1.80 bits per heavy atom. The summed E-state index contributed by atoms with van der Waals surface area (Å²) in [5.74, 6) is 0.872. The quantitative estimate of drug-likeness (QED) is 0.907. The van der Waals surface area contributed by atoms with E-state index in [0.29, 0.717) is 0 Å². The lowest BCUT2D eigenvalue weighted by atomic mass is 9.94. The van der Waals surface area contributed by atoms with Crippen LogP contribution in [-0.4, -0.2) is 14.2 Å². The van der Waals surface area contributed by atoms with Crippen LogP contribution in [0.5, 0.6) is 5.75 Å². The van der Waals surface area contributed by atoms with Gasteiger partial charge in [-0.15, -0.1) is 0 Å². The number of hydrogen-bond donors (Lipinski definition) is 1. The lowest BCUT2D eigenvalue weighted by molar-refractivity contribution is 0.414. The summed E-state index contributed by atoms with van der Waals surface area (Å²) < 4.78 is 5.27. The predicted octanol–water partition coefficient (Wildman–Crippen LogP) is 4.27. The molecule has 2 aromatic carbocycles. The van der Waals surface area contributed by atoms with Gasteiger partial charge in [-0.2, -0.15) is 0 Å². The van der Waals surface area contributed by atoms with Crippen LogP contribution in [-0.2, 0) is 0 Å². The summed E-state index contributed by atoms with van der Waals surface area (Å²) in [6.45, 7) is 4.12. The topological polar surface area (TPSA) is 21.3 Å². The molecule has 1 atom stereocenters. The maximum Gasteiger partial charge on any atom is 0.119 e. The zero-order valence-electron chi connectivity index (χ0n) is 12.3. The van der Waals surface area contributed by atoms with Crippen molar-refractivity contribution in [2.45, 2.75) is 19.9 Å². The number of methoxy groups -OCH3 is 1. The Kier molecular flexibility index (Phi) is 4.69. The Morgan fingerprint density at radius 1 is 1.05 bits per heavy atom. The number of halogens is 1. The van der Waals surface area contributed by atoms with Gasteiger partial charge in [0.2, 0.25) is 0 Å². The minimum atomic E-state index is 0.0771.